The van der Waals surface area contributed by atoms with Gasteiger partial charge in [0.25, 0.3) is 0 Å². The average molecular weight is 296 g/mol. The van der Waals surface area contributed by atoms with Crippen molar-refractivity contribution in [1.82, 2.24) is 9.80 Å². The highest BCUT2D eigenvalue weighted by molar-refractivity contribution is 5.97. The lowest BCUT2D eigenvalue weighted by Crippen LogP contribution is -2.42. The zero-order chi connectivity index (χ0) is 15.4. The van der Waals surface area contributed by atoms with Crippen molar-refractivity contribution in [3.8, 4) is 0 Å². The summed E-state index contributed by atoms with van der Waals surface area (Å²) in [6, 6.07) is 3.30. The van der Waals surface area contributed by atoms with Crippen LogP contribution in [-0.4, -0.2) is 54.9 Å². The van der Waals surface area contributed by atoms with Gasteiger partial charge in [-0.15, -0.1) is 0 Å². The molecule has 1 saturated heterocycles. The van der Waals surface area contributed by atoms with Crippen LogP contribution in [-0.2, 0) is 0 Å². The highest BCUT2D eigenvalue weighted by Gasteiger charge is 2.25. The molecule has 0 spiro atoms. The molecule has 1 aliphatic heterocycles. The highest BCUT2D eigenvalue weighted by Crippen LogP contribution is 2.15. The summed E-state index contributed by atoms with van der Waals surface area (Å²) in [5.74, 6) is -1.58. The molecule has 1 aliphatic rings. The van der Waals surface area contributed by atoms with Crippen LogP contribution >= 0.6 is 0 Å². The molecule has 1 aromatic rings. The molecule has 21 heavy (non-hydrogen) atoms. The van der Waals surface area contributed by atoms with Crippen LogP contribution in [0.5, 0.6) is 0 Å². The van der Waals surface area contributed by atoms with Crippen molar-refractivity contribution in [2.75, 3.05) is 33.2 Å². The number of rotatable bonds is 4. The molecule has 0 N–H and O–H groups in total. The largest absolute Gasteiger partial charge is 0.305 e. The van der Waals surface area contributed by atoms with Crippen molar-refractivity contribution < 1.29 is 13.6 Å². The van der Waals surface area contributed by atoms with E-state index < -0.39 is 11.6 Å². The number of hydrogen-bond acceptors (Lipinski definition) is 3. The molecule has 0 saturated carbocycles. The van der Waals surface area contributed by atoms with E-state index in [9.17, 15) is 13.6 Å². The normalized spacial score (nSPS) is 21.2. The van der Waals surface area contributed by atoms with Crippen molar-refractivity contribution in [1.29, 1.82) is 0 Å². The number of carbonyl (C=O) groups excluding carboxylic acids is 1. The lowest BCUT2D eigenvalue weighted by Gasteiger charge is -2.29. The molecule has 1 fully saturated rings. The fourth-order valence-electron chi connectivity index (χ4n) is 2.87. The van der Waals surface area contributed by atoms with Crippen LogP contribution in [0.3, 0.4) is 0 Å². The Morgan fingerprint density at radius 2 is 2.10 bits per heavy atom. The maximum absolute atomic E-state index is 13.7. The second-order valence-electron chi connectivity index (χ2n) is 5.70. The van der Waals surface area contributed by atoms with Gasteiger partial charge in [0.15, 0.2) is 5.78 Å². The Morgan fingerprint density at radius 3 is 2.81 bits per heavy atom. The summed E-state index contributed by atoms with van der Waals surface area (Å²) in [4.78, 5) is 16.6. The third-order valence-electron chi connectivity index (χ3n) is 4.07. The smallest absolute Gasteiger partial charge is 0.179 e. The molecular weight excluding hydrogens is 274 g/mol. The quantitative estimate of drug-likeness (QED) is 0.798. The number of carbonyl (C=O) groups is 1. The molecule has 5 heteroatoms. The maximum Gasteiger partial charge on any atom is 0.179 e. The van der Waals surface area contributed by atoms with Gasteiger partial charge in [-0.25, -0.2) is 8.78 Å². The van der Waals surface area contributed by atoms with E-state index >= 15 is 0 Å². The van der Waals surface area contributed by atoms with E-state index in [1.54, 1.807) is 0 Å². The number of nitrogens with zero attached hydrogens (tertiary/aromatic N) is 2. The van der Waals surface area contributed by atoms with Crippen LogP contribution in [0.1, 0.15) is 30.1 Å². The monoisotopic (exact) mass is 296 g/mol. The number of hydrogen-bond donors (Lipinski definition) is 0. The van der Waals surface area contributed by atoms with Crippen LogP contribution in [0.15, 0.2) is 18.2 Å². The van der Waals surface area contributed by atoms with Gasteiger partial charge in [-0.1, -0.05) is 6.92 Å². The molecule has 1 atom stereocenters. The zero-order valence-corrected chi connectivity index (χ0v) is 12.6. The molecule has 3 nitrogen and oxygen atoms in total. The highest BCUT2D eigenvalue weighted by atomic mass is 19.1. The number of benzene rings is 1. The lowest BCUT2D eigenvalue weighted by atomic mass is 10.1. The maximum atomic E-state index is 13.7. The molecule has 0 aromatic heterocycles. The van der Waals surface area contributed by atoms with Crippen LogP contribution in [0.25, 0.3) is 0 Å². The lowest BCUT2D eigenvalue weighted by molar-refractivity contribution is 0.0883. The Hall–Kier alpha value is -1.33. The van der Waals surface area contributed by atoms with Gasteiger partial charge < -0.3 is 4.90 Å². The molecule has 1 aromatic carbocycles. The summed E-state index contributed by atoms with van der Waals surface area (Å²) in [5.41, 5.74) is -0.151. The second-order valence-corrected chi connectivity index (χ2v) is 5.70. The molecule has 0 amide bonds. The Kier molecular flexibility index (Phi) is 5.42. The first-order chi connectivity index (χ1) is 10.0. The first-order valence-corrected chi connectivity index (χ1v) is 7.42. The molecule has 2 rings (SSSR count). The minimum absolute atomic E-state index is 0.146. The van der Waals surface area contributed by atoms with E-state index in [-0.39, 0.29) is 23.9 Å². The fourth-order valence-corrected chi connectivity index (χ4v) is 2.87. The summed E-state index contributed by atoms with van der Waals surface area (Å²) in [5, 5.41) is 0. The molecule has 0 bridgehead atoms. The predicted molar refractivity (Wildman–Crippen MR) is 78.5 cm³/mol. The molecule has 1 unspecified atom stereocenters. The van der Waals surface area contributed by atoms with Gasteiger partial charge in [-0.2, -0.15) is 0 Å². The Balaban J connectivity index is 2.11. The average Bonchev–Trinajstić information content (AvgIpc) is 2.63. The van der Waals surface area contributed by atoms with Gasteiger partial charge >= 0.3 is 0 Å². The topological polar surface area (TPSA) is 23.6 Å². The Morgan fingerprint density at radius 1 is 1.33 bits per heavy atom. The van der Waals surface area contributed by atoms with Crippen LogP contribution in [0.4, 0.5) is 8.78 Å². The fraction of sp³-hybridized carbons (Fsp3) is 0.562. The third kappa shape index (κ3) is 4.08. The summed E-state index contributed by atoms with van der Waals surface area (Å²) in [7, 11) is 2.07. The predicted octanol–water partition coefficient (Wildman–Crippen LogP) is 2.56. The SMILES string of the molecule is CCC1CN(C)CCCN1CC(=O)c1cc(F)ccc1F. The summed E-state index contributed by atoms with van der Waals surface area (Å²) < 4.78 is 26.9. The zero-order valence-electron chi connectivity index (χ0n) is 12.6. The van der Waals surface area contributed by atoms with Crippen LogP contribution in [0.2, 0.25) is 0 Å². The standard InChI is InChI=1S/C16H22F2N2O/c1-3-13-10-19(2)7-4-8-20(13)11-16(21)14-9-12(17)5-6-15(14)18/h5-6,9,13H,3-4,7-8,10-11H2,1-2H3. The van der Waals surface area contributed by atoms with Crippen molar-refractivity contribution in [3.05, 3.63) is 35.4 Å². The van der Waals surface area contributed by atoms with Gasteiger partial charge in [-0.05, 0) is 44.6 Å². The minimum Gasteiger partial charge on any atom is -0.305 e. The van der Waals surface area contributed by atoms with E-state index in [0.717, 1.165) is 50.7 Å². The third-order valence-corrected chi connectivity index (χ3v) is 4.07. The first kappa shape index (κ1) is 16.0. The van der Waals surface area contributed by atoms with Gasteiger partial charge in [-0.3, -0.25) is 9.69 Å². The van der Waals surface area contributed by atoms with E-state index in [0.29, 0.717) is 0 Å². The number of likely N-dealkylation sites (N-methyl/N-ethyl adjacent to an activating group) is 1. The first-order valence-electron chi connectivity index (χ1n) is 7.42. The van der Waals surface area contributed by atoms with Crippen LogP contribution in [0, 0.1) is 11.6 Å². The summed E-state index contributed by atoms with van der Waals surface area (Å²) >= 11 is 0. The number of halogens is 2. The van der Waals surface area contributed by atoms with Crippen molar-refractivity contribution in [3.63, 3.8) is 0 Å². The number of Topliss-reactive ketones (excluding diaryl/α,β-unsaturated/α-hetero) is 1. The molecular formula is C16H22F2N2O. The van der Waals surface area contributed by atoms with E-state index in [1.807, 2.05) is 0 Å². The van der Waals surface area contributed by atoms with Crippen LogP contribution < -0.4 is 0 Å². The summed E-state index contributed by atoms with van der Waals surface area (Å²) in [6.45, 7) is 4.94. The summed E-state index contributed by atoms with van der Waals surface area (Å²) in [6.07, 6.45) is 1.91. The van der Waals surface area contributed by atoms with Gasteiger partial charge in [0.2, 0.25) is 0 Å². The molecule has 1 heterocycles. The molecule has 0 aliphatic carbocycles. The van der Waals surface area contributed by atoms with Gasteiger partial charge in [0.1, 0.15) is 11.6 Å². The Bertz CT molecular complexity index is 507. The van der Waals surface area contributed by atoms with Crippen molar-refractivity contribution in [2.24, 2.45) is 0 Å². The van der Waals surface area contributed by atoms with E-state index in [4.69, 9.17) is 0 Å². The Labute approximate surface area is 124 Å². The molecule has 116 valence electrons. The van der Waals surface area contributed by atoms with Gasteiger partial charge in [0, 0.05) is 19.1 Å². The minimum atomic E-state index is -0.651. The second kappa shape index (κ2) is 7.09. The van der Waals surface area contributed by atoms with Gasteiger partial charge in [0.05, 0.1) is 12.1 Å². The molecule has 0 radical (unpaired) electrons. The van der Waals surface area contributed by atoms with Crippen molar-refractivity contribution >= 4 is 5.78 Å². The van der Waals surface area contributed by atoms with Crippen molar-refractivity contribution in [2.45, 2.75) is 25.8 Å². The number of ketones is 1. The van der Waals surface area contributed by atoms with E-state index in [1.165, 1.54) is 0 Å². The van der Waals surface area contributed by atoms with E-state index in [2.05, 4.69) is 23.8 Å².